The van der Waals surface area contributed by atoms with Crippen molar-refractivity contribution in [2.75, 3.05) is 18.4 Å². The van der Waals surface area contributed by atoms with Crippen LogP contribution >= 0.6 is 12.4 Å². The molecule has 1 fully saturated rings. The third-order valence-electron chi connectivity index (χ3n) is 4.77. The molecule has 9 heteroatoms. The fourth-order valence-electron chi connectivity index (χ4n) is 3.23. The molecule has 28 heavy (non-hydrogen) atoms. The van der Waals surface area contributed by atoms with E-state index >= 15 is 0 Å². The lowest BCUT2D eigenvalue weighted by molar-refractivity contribution is 0.102. The number of nitrogens with one attached hydrogen (secondary N) is 2. The average Bonchev–Trinajstić information content (AvgIpc) is 3.33. The molecule has 1 saturated heterocycles. The number of halogens is 1. The molecule has 0 unspecified atom stereocenters. The Kier molecular flexibility index (Phi) is 6.11. The molecule has 0 aliphatic carbocycles. The minimum atomic E-state index is -0.284. The third-order valence-corrected chi connectivity index (χ3v) is 4.77. The van der Waals surface area contributed by atoms with Gasteiger partial charge >= 0.3 is 0 Å². The van der Waals surface area contributed by atoms with Gasteiger partial charge in [-0.05, 0) is 57.5 Å². The number of piperidine rings is 1. The molecule has 2 N–H and O–H groups in total. The monoisotopic (exact) mass is 402 g/mol. The van der Waals surface area contributed by atoms with E-state index in [4.69, 9.17) is 4.42 Å². The fourth-order valence-corrected chi connectivity index (χ4v) is 3.23. The zero-order chi connectivity index (χ0) is 18.8. The number of aromatic nitrogens is 4. The van der Waals surface area contributed by atoms with Crippen LogP contribution in [0.2, 0.25) is 0 Å². The number of nitrogens with zero attached hydrogens (tertiary/aromatic N) is 4. The number of amides is 1. The van der Waals surface area contributed by atoms with E-state index in [0.717, 1.165) is 42.8 Å². The molecule has 0 radical (unpaired) electrons. The Balaban J connectivity index is 0.00000225. The van der Waals surface area contributed by atoms with Crippen molar-refractivity contribution in [1.29, 1.82) is 0 Å². The molecule has 8 nitrogen and oxygen atoms in total. The minimum absolute atomic E-state index is 0. The van der Waals surface area contributed by atoms with E-state index in [1.165, 1.54) is 0 Å². The highest BCUT2D eigenvalue weighted by Crippen LogP contribution is 2.26. The van der Waals surface area contributed by atoms with E-state index in [-0.39, 0.29) is 18.3 Å². The van der Waals surface area contributed by atoms with E-state index in [0.29, 0.717) is 23.3 Å². The molecule has 1 aliphatic rings. The average molecular weight is 403 g/mol. The maximum atomic E-state index is 12.6. The standard InChI is InChI=1S/C19H22N6O2.ClH/c1-12-3-4-14(9-16(12)19-21-13(2)11-27-19)22-18(26)17-10-25(24-23-17)15-5-7-20-8-6-15;/h3-4,9-11,15,20H,5-8H2,1-2H3,(H,22,26);1H. The molecule has 1 amide bonds. The molecular weight excluding hydrogens is 380 g/mol. The molecular formula is C19H23ClN6O2. The van der Waals surface area contributed by atoms with Gasteiger partial charge in [0, 0.05) is 11.3 Å². The van der Waals surface area contributed by atoms with Gasteiger partial charge in [0.15, 0.2) is 5.69 Å². The maximum absolute atomic E-state index is 12.6. The lowest BCUT2D eigenvalue weighted by atomic mass is 10.1. The Morgan fingerprint density at radius 2 is 2.07 bits per heavy atom. The van der Waals surface area contributed by atoms with E-state index < -0.39 is 0 Å². The van der Waals surface area contributed by atoms with Crippen LogP contribution in [0.4, 0.5) is 5.69 Å². The molecule has 0 bridgehead atoms. The van der Waals surface area contributed by atoms with E-state index in [1.807, 2.05) is 32.0 Å². The highest BCUT2D eigenvalue weighted by molar-refractivity contribution is 6.02. The number of carbonyl (C=O) groups is 1. The summed E-state index contributed by atoms with van der Waals surface area (Å²) >= 11 is 0. The SMILES string of the molecule is Cc1coc(-c2cc(NC(=O)c3cn(C4CCNCC4)nn3)ccc2C)n1.Cl. The van der Waals surface area contributed by atoms with Crippen LogP contribution in [0, 0.1) is 13.8 Å². The molecule has 0 spiro atoms. The first-order valence-electron chi connectivity index (χ1n) is 9.07. The van der Waals surface area contributed by atoms with Gasteiger partial charge in [0.2, 0.25) is 5.89 Å². The van der Waals surface area contributed by atoms with Crippen LogP contribution in [0.3, 0.4) is 0 Å². The molecule has 1 aliphatic heterocycles. The maximum Gasteiger partial charge on any atom is 0.277 e. The van der Waals surface area contributed by atoms with E-state index in [2.05, 4.69) is 25.9 Å². The van der Waals surface area contributed by atoms with E-state index in [1.54, 1.807) is 17.1 Å². The first-order valence-corrected chi connectivity index (χ1v) is 9.07. The van der Waals surface area contributed by atoms with Gasteiger partial charge in [-0.2, -0.15) is 0 Å². The Morgan fingerprint density at radius 3 is 2.79 bits per heavy atom. The first-order chi connectivity index (χ1) is 13.1. The van der Waals surface area contributed by atoms with Gasteiger partial charge in [-0.25, -0.2) is 9.67 Å². The van der Waals surface area contributed by atoms with Gasteiger partial charge in [0.1, 0.15) is 6.26 Å². The topological polar surface area (TPSA) is 97.9 Å². The summed E-state index contributed by atoms with van der Waals surface area (Å²) in [6, 6.07) is 5.93. The number of benzene rings is 1. The summed E-state index contributed by atoms with van der Waals surface area (Å²) in [7, 11) is 0. The van der Waals surface area contributed by atoms with Crippen LogP contribution in [0.5, 0.6) is 0 Å². The van der Waals surface area contributed by atoms with Gasteiger partial charge in [0.05, 0.1) is 17.9 Å². The lowest BCUT2D eigenvalue weighted by Crippen LogP contribution is -2.29. The van der Waals surface area contributed by atoms with Crippen LogP contribution in [0.15, 0.2) is 35.1 Å². The normalized spacial score (nSPS) is 14.5. The molecule has 4 rings (SSSR count). The minimum Gasteiger partial charge on any atom is -0.444 e. The summed E-state index contributed by atoms with van der Waals surface area (Å²) in [6.45, 7) is 5.77. The predicted molar refractivity (Wildman–Crippen MR) is 108 cm³/mol. The van der Waals surface area contributed by atoms with Crippen molar-refractivity contribution >= 4 is 24.0 Å². The van der Waals surface area contributed by atoms with Gasteiger partial charge in [-0.1, -0.05) is 11.3 Å². The largest absolute Gasteiger partial charge is 0.444 e. The predicted octanol–water partition coefficient (Wildman–Crippen LogP) is 3.15. The molecule has 0 saturated carbocycles. The molecule has 148 valence electrons. The second-order valence-electron chi connectivity index (χ2n) is 6.84. The van der Waals surface area contributed by atoms with Gasteiger partial charge in [-0.3, -0.25) is 4.79 Å². The van der Waals surface area contributed by atoms with Crippen molar-refractivity contribution in [3.8, 4) is 11.5 Å². The first kappa shape index (κ1) is 20.0. The van der Waals surface area contributed by atoms with Crippen molar-refractivity contribution in [2.24, 2.45) is 0 Å². The summed E-state index contributed by atoms with van der Waals surface area (Å²) in [4.78, 5) is 16.9. The van der Waals surface area contributed by atoms with Crippen molar-refractivity contribution in [2.45, 2.75) is 32.7 Å². The number of hydrogen-bond acceptors (Lipinski definition) is 6. The molecule has 1 aromatic carbocycles. The number of hydrogen-bond donors (Lipinski definition) is 2. The Bertz CT molecular complexity index is 961. The van der Waals surface area contributed by atoms with Crippen molar-refractivity contribution < 1.29 is 9.21 Å². The van der Waals surface area contributed by atoms with Crippen molar-refractivity contribution in [1.82, 2.24) is 25.3 Å². The number of rotatable bonds is 4. The molecule has 3 aromatic rings. The quantitative estimate of drug-likeness (QED) is 0.695. The summed E-state index contributed by atoms with van der Waals surface area (Å²) in [6.07, 6.45) is 5.31. The number of oxazole rings is 1. The fraction of sp³-hybridized carbons (Fsp3) is 0.368. The van der Waals surface area contributed by atoms with Crippen LogP contribution in [0.1, 0.15) is 40.6 Å². The Hall–Kier alpha value is -2.71. The zero-order valence-corrected chi connectivity index (χ0v) is 16.6. The molecule has 3 heterocycles. The number of aryl methyl sites for hydroxylation is 2. The van der Waals surface area contributed by atoms with Crippen LogP contribution in [0.25, 0.3) is 11.5 Å². The summed E-state index contributed by atoms with van der Waals surface area (Å²) in [5.41, 5.74) is 3.65. The smallest absolute Gasteiger partial charge is 0.277 e. The Morgan fingerprint density at radius 1 is 1.29 bits per heavy atom. The summed E-state index contributed by atoms with van der Waals surface area (Å²) < 4.78 is 7.29. The lowest BCUT2D eigenvalue weighted by Gasteiger charge is -2.22. The second-order valence-corrected chi connectivity index (χ2v) is 6.84. The highest BCUT2D eigenvalue weighted by Gasteiger charge is 2.19. The van der Waals surface area contributed by atoms with Gasteiger partial charge in [-0.15, -0.1) is 17.5 Å². The highest BCUT2D eigenvalue weighted by atomic mass is 35.5. The summed E-state index contributed by atoms with van der Waals surface area (Å²) in [5.74, 6) is 0.256. The summed E-state index contributed by atoms with van der Waals surface area (Å²) in [5, 5.41) is 14.4. The number of carbonyl (C=O) groups excluding carboxylic acids is 1. The molecule has 2 aromatic heterocycles. The third kappa shape index (κ3) is 4.23. The van der Waals surface area contributed by atoms with Crippen LogP contribution in [-0.4, -0.2) is 39.0 Å². The van der Waals surface area contributed by atoms with E-state index in [9.17, 15) is 4.79 Å². The van der Waals surface area contributed by atoms with Crippen molar-refractivity contribution in [3.63, 3.8) is 0 Å². The second kappa shape index (κ2) is 8.53. The van der Waals surface area contributed by atoms with Crippen LogP contribution < -0.4 is 10.6 Å². The number of anilines is 1. The zero-order valence-electron chi connectivity index (χ0n) is 15.8. The van der Waals surface area contributed by atoms with Gasteiger partial charge in [0.25, 0.3) is 5.91 Å². The van der Waals surface area contributed by atoms with Crippen molar-refractivity contribution in [3.05, 3.63) is 47.6 Å². The van der Waals surface area contributed by atoms with Gasteiger partial charge < -0.3 is 15.1 Å². The van der Waals surface area contributed by atoms with Crippen LogP contribution in [-0.2, 0) is 0 Å². The Labute approximate surface area is 169 Å². The molecule has 0 atom stereocenters.